The lowest BCUT2D eigenvalue weighted by atomic mass is 10.1. The Morgan fingerprint density at radius 3 is 2.56 bits per heavy atom. The molecule has 4 heteroatoms. The van der Waals surface area contributed by atoms with E-state index in [-0.39, 0.29) is 11.3 Å². The molecule has 2 heterocycles. The lowest BCUT2D eigenvalue weighted by molar-refractivity contribution is 0.454. The number of aromatic nitrogens is 1. The third kappa shape index (κ3) is 3.15. The number of pyridine rings is 1. The molecule has 2 aromatic rings. The van der Waals surface area contributed by atoms with Gasteiger partial charge in [-0.1, -0.05) is 6.92 Å². The van der Waals surface area contributed by atoms with E-state index in [0.717, 1.165) is 22.8 Å². The molecule has 3 nitrogen and oxygen atoms in total. The molecule has 0 amide bonds. The highest BCUT2D eigenvalue weighted by molar-refractivity contribution is 7.99. The van der Waals surface area contributed by atoms with Crippen LogP contribution in [0.2, 0.25) is 0 Å². The number of rotatable bonds is 5. The maximum atomic E-state index is 6.21. The summed E-state index contributed by atoms with van der Waals surface area (Å²) < 4.78 is 5.72. The molecule has 0 aromatic carbocycles. The van der Waals surface area contributed by atoms with E-state index in [1.807, 2.05) is 31.2 Å². The topological polar surface area (TPSA) is 52.0 Å². The van der Waals surface area contributed by atoms with Crippen LogP contribution in [0.1, 0.15) is 30.1 Å². The van der Waals surface area contributed by atoms with Gasteiger partial charge < -0.3 is 10.2 Å². The van der Waals surface area contributed by atoms with Gasteiger partial charge in [-0.05, 0) is 37.6 Å². The maximum absolute atomic E-state index is 6.21. The van der Waals surface area contributed by atoms with E-state index in [4.69, 9.17) is 10.2 Å². The molecule has 2 aromatic heterocycles. The van der Waals surface area contributed by atoms with Crippen molar-refractivity contribution in [2.75, 3.05) is 0 Å². The highest BCUT2D eigenvalue weighted by atomic mass is 32.2. The molecule has 0 fully saturated rings. The number of aryl methyl sites for hydroxylation is 1. The highest BCUT2D eigenvalue weighted by Crippen LogP contribution is 2.38. The summed E-state index contributed by atoms with van der Waals surface area (Å²) in [6, 6.07) is 8.07. The van der Waals surface area contributed by atoms with Crippen LogP contribution < -0.4 is 5.73 Å². The van der Waals surface area contributed by atoms with Crippen molar-refractivity contribution in [2.45, 2.75) is 36.5 Å². The average molecular weight is 262 g/mol. The molecule has 0 aliphatic carbocycles. The number of hydrogen-bond donors (Lipinski definition) is 1. The van der Waals surface area contributed by atoms with Crippen molar-refractivity contribution in [3.8, 4) is 0 Å². The lowest BCUT2D eigenvalue weighted by Crippen LogP contribution is -2.25. The number of nitrogens with two attached hydrogens (primary N) is 1. The zero-order chi connectivity index (χ0) is 13.0. The summed E-state index contributed by atoms with van der Waals surface area (Å²) in [4.78, 5) is 5.19. The average Bonchev–Trinajstić information content (AvgIpc) is 2.83. The first-order valence-corrected chi connectivity index (χ1v) is 6.97. The van der Waals surface area contributed by atoms with Crippen molar-refractivity contribution >= 4 is 11.8 Å². The molecule has 0 bridgehead atoms. The molecule has 2 unspecified atom stereocenters. The normalized spacial score (nSPS) is 14.4. The molecule has 0 aliphatic heterocycles. The van der Waals surface area contributed by atoms with Gasteiger partial charge in [-0.15, -0.1) is 11.8 Å². The molecule has 0 aliphatic rings. The van der Waals surface area contributed by atoms with Crippen molar-refractivity contribution in [3.63, 3.8) is 0 Å². The summed E-state index contributed by atoms with van der Waals surface area (Å²) in [6.07, 6.45) is 4.51. The Labute approximate surface area is 112 Å². The van der Waals surface area contributed by atoms with E-state index in [1.165, 1.54) is 0 Å². The Bertz CT molecular complexity index is 484. The molecule has 0 radical (unpaired) electrons. The fourth-order valence-corrected chi connectivity index (χ4v) is 2.92. The van der Waals surface area contributed by atoms with Crippen LogP contribution in [0, 0.1) is 6.92 Å². The van der Waals surface area contributed by atoms with E-state index < -0.39 is 0 Å². The van der Waals surface area contributed by atoms with E-state index >= 15 is 0 Å². The fraction of sp³-hybridized carbons (Fsp3) is 0.357. The van der Waals surface area contributed by atoms with Crippen LogP contribution in [-0.2, 0) is 0 Å². The van der Waals surface area contributed by atoms with Gasteiger partial charge in [0.25, 0.3) is 0 Å². The van der Waals surface area contributed by atoms with Crippen LogP contribution in [0.3, 0.4) is 0 Å². The molecule has 0 saturated heterocycles. The number of nitrogens with zero attached hydrogens (tertiary/aromatic N) is 1. The monoisotopic (exact) mass is 262 g/mol. The first kappa shape index (κ1) is 13.2. The number of furan rings is 1. The van der Waals surface area contributed by atoms with Gasteiger partial charge >= 0.3 is 0 Å². The van der Waals surface area contributed by atoms with Crippen molar-refractivity contribution in [2.24, 2.45) is 5.73 Å². The van der Waals surface area contributed by atoms with Gasteiger partial charge in [0.2, 0.25) is 0 Å². The molecule has 2 rings (SSSR count). The standard InChI is InChI=1S/C14H18N2OS/c1-3-12(15)14(13-5-4-10(2)17-13)18-11-6-8-16-9-7-11/h4-9,12,14H,3,15H2,1-2H3. The molecular weight excluding hydrogens is 244 g/mol. The molecule has 0 spiro atoms. The summed E-state index contributed by atoms with van der Waals surface area (Å²) in [5.41, 5.74) is 6.21. The Kier molecular flexibility index (Phi) is 4.44. The Balaban J connectivity index is 2.21. The third-order valence-corrected chi connectivity index (χ3v) is 4.19. The first-order chi connectivity index (χ1) is 8.70. The molecule has 96 valence electrons. The van der Waals surface area contributed by atoms with Crippen molar-refractivity contribution in [1.29, 1.82) is 0 Å². The van der Waals surface area contributed by atoms with E-state index in [9.17, 15) is 0 Å². The zero-order valence-corrected chi connectivity index (χ0v) is 11.5. The van der Waals surface area contributed by atoms with Gasteiger partial charge in [0, 0.05) is 23.3 Å². The van der Waals surface area contributed by atoms with E-state index in [1.54, 1.807) is 24.2 Å². The van der Waals surface area contributed by atoms with Crippen LogP contribution in [0.25, 0.3) is 0 Å². The van der Waals surface area contributed by atoms with Gasteiger partial charge in [-0.25, -0.2) is 0 Å². The van der Waals surface area contributed by atoms with E-state index in [0.29, 0.717) is 0 Å². The summed E-state index contributed by atoms with van der Waals surface area (Å²) >= 11 is 1.73. The van der Waals surface area contributed by atoms with Crippen LogP contribution in [-0.4, -0.2) is 11.0 Å². The quantitative estimate of drug-likeness (QED) is 0.837. The first-order valence-electron chi connectivity index (χ1n) is 6.09. The highest BCUT2D eigenvalue weighted by Gasteiger charge is 2.22. The van der Waals surface area contributed by atoms with E-state index in [2.05, 4.69) is 11.9 Å². The van der Waals surface area contributed by atoms with Gasteiger partial charge in [-0.3, -0.25) is 4.98 Å². The van der Waals surface area contributed by atoms with Gasteiger partial charge in [0.15, 0.2) is 0 Å². The molecule has 0 saturated carbocycles. The van der Waals surface area contributed by atoms with Crippen molar-refractivity contribution in [1.82, 2.24) is 4.98 Å². The summed E-state index contributed by atoms with van der Waals surface area (Å²) in [6.45, 7) is 4.05. The second-order valence-electron chi connectivity index (χ2n) is 4.24. The predicted octanol–water partition coefficient (Wildman–Crippen LogP) is 3.55. The second-order valence-corrected chi connectivity index (χ2v) is 5.46. The summed E-state index contributed by atoms with van der Waals surface area (Å²) in [7, 11) is 0. The Hall–Kier alpha value is -1.26. The molecule has 18 heavy (non-hydrogen) atoms. The SMILES string of the molecule is CCC(N)C(Sc1ccncc1)c1ccc(C)o1. The van der Waals surface area contributed by atoms with Crippen molar-refractivity contribution in [3.05, 3.63) is 48.2 Å². The van der Waals surface area contributed by atoms with Crippen LogP contribution in [0.4, 0.5) is 0 Å². The minimum atomic E-state index is 0.0775. The zero-order valence-electron chi connectivity index (χ0n) is 10.7. The lowest BCUT2D eigenvalue weighted by Gasteiger charge is -2.20. The second kappa shape index (κ2) is 6.07. The van der Waals surface area contributed by atoms with Crippen LogP contribution in [0.15, 0.2) is 46.0 Å². The third-order valence-electron chi connectivity index (χ3n) is 2.81. The van der Waals surface area contributed by atoms with Gasteiger partial charge in [0.05, 0.1) is 5.25 Å². The molecule has 2 N–H and O–H groups in total. The smallest absolute Gasteiger partial charge is 0.119 e. The predicted molar refractivity (Wildman–Crippen MR) is 74.5 cm³/mol. The maximum Gasteiger partial charge on any atom is 0.119 e. The van der Waals surface area contributed by atoms with Crippen molar-refractivity contribution < 1.29 is 4.42 Å². The summed E-state index contributed by atoms with van der Waals surface area (Å²) in [5, 5.41) is 0.145. The minimum Gasteiger partial charge on any atom is -0.465 e. The summed E-state index contributed by atoms with van der Waals surface area (Å²) in [5.74, 6) is 1.87. The van der Waals surface area contributed by atoms with Gasteiger partial charge in [0.1, 0.15) is 11.5 Å². The number of thioether (sulfide) groups is 1. The van der Waals surface area contributed by atoms with Gasteiger partial charge in [-0.2, -0.15) is 0 Å². The minimum absolute atomic E-state index is 0.0775. The van der Waals surface area contributed by atoms with Crippen LogP contribution in [0.5, 0.6) is 0 Å². The fourth-order valence-electron chi connectivity index (χ4n) is 1.74. The molecule has 2 atom stereocenters. The Morgan fingerprint density at radius 1 is 1.28 bits per heavy atom. The largest absolute Gasteiger partial charge is 0.465 e. The molecular formula is C14H18N2OS. The number of hydrogen-bond acceptors (Lipinski definition) is 4. The van der Waals surface area contributed by atoms with Crippen LogP contribution >= 0.6 is 11.8 Å². The Morgan fingerprint density at radius 2 is 2.00 bits per heavy atom.